The summed E-state index contributed by atoms with van der Waals surface area (Å²) in [7, 11) is 6.97. The predicted molar refractivity (Wildman–Crippen MR) is 564 cm³/mol. The first-order valence-electron chi connectivity index (χ1n) is 44.9. The molecule has 138 heavy (non-hydrogen) atoms. The number of nitrogens with zero attached hydrogens (tertiary/aromatic N) is 10. The molecule has 0 saturated carbocycles. The molecule has 0 amide bonds. The van der Waals surface area contributed by atoms with Crippen molar-refractivity contribution in [3.8, 4) is 73.3 Å². The molecule has 0 aliphatic heterocycles. The van der Waals surface area contributed by atoms with E-state index in [0.29, 0.717) is 5.69 Å². The van der Waals surface area contributed by atoms with Crippen LogP contribution in [0.25, 0.3) is 139 Å². The molecule has 23 rings (SSSR count). The third-order valence-electron chi connectivity index (χ3n) is 23.7. The predicted octanol–water partition coefficient (Wildman–Crippen LogP) is 32.0. The number of benzene rings is 18. The molecule has 5 aromatic heterocycles. The van der Waals surface area contributed by atoms with E-state index in [9.17, 15) is 13.6 Å². The molecule has 17 heteroatoms. The Kier molecular flexibility index (Phi) is 29.4. The molecule has 18 aromatic carbocycles. The number of aromatic nitrogens is 7. The summed E-state index contributed by atoms with van der Waals surface area (Å²) >= 11 is 0. The molecule has 0 atom stereocenters. The van der Waals surface area contributed by atoms with Gasteiger partial charge >= 0.3 is 5.97 Å². The second kappa shape index (κ2) is 43.5. The van der Waals surface area contributed by atoms with E-state index < -0.39 is 17.6 Å². The summed E-state index contributed by atoms with van der Waals surface area (Å²) in [5, 5.41) is 27.6. The topological polar surface area (TPSA) is 122 Å². The number of para-hydroxylation sites is 7. The Morgan fingerprint density at radius 3 is 1.09 bits per heavy atom. The summed E-state index contributed by atoms with van der Waals surface area (Å²) in [6.45, 7) is 6.68. The van der Waals surface area contributed by atoms with Crippen LogP contribution in [0.15, 0.2) is 490 Å². The van der Waals surface area contributed by atoms with Gasteiger partial charge in [-0.15, -0.1) is 22.3 Å². The first kappa shape index (κ1) is 93.1. The van der Waals surface area contributed by atoms with E-state index in [1.165, 1.54) is 117 Å². The minimum atomic E-state index is -0.990. The summed E-state index contributed by atoms with van der Waals surface area (Å²) in [6, 6.07) is 165. The molecule has 0 spiro atoms. The van der Waals surface area contributed by atoms with E-state index in [1.807, 2.05) is 24.3 Å². The number of fused-ring (bicyclic) bond motifs is 8. The molecule has 0 saturated heterocycles. The van der Waals surface area contributed by atoms with Crippen molar-refractivity contribution in [2.75, 3.05) is 9.80 Å². The summed E-state index contributed by atoms with van der Waals surface area (Å²) in [4.78, 5) is 22.4. The van der Waals surface area contributed by atoms with Crippen molar-refractivity contribution in [3.63, 3.8) is 0 Å². The molecular weight excluding hydrogens is 1900 g/mol. The van der Waals surface area contributed by atoms with Gasteiger partial charge in [0.15, 0.2) is 11.6 Å². The molecule has 5 heterocycles. The van der Waals surface area contributed by atoms with Crippen LogP contribution in [0.4, 0.5) is 42.9 Å². The molecule has 669 valence electrons. The fraction of sp³-hybridized carbons (Fsp3) is 0.0331. The van der Waals surface area contributed by atoms with E-state index in [-0.39, 0.29) is 36.8 Å². The zero-order chi connectivity index (χ0) is 94.0. The largest absolute Gasteiger partial charge is 0.477 e. The van der Waals surface area contributed by atoms with Gasteiger partial charge in [-0.05, 0) is 192 Å². The van der Waals surface area contributed by atoms with Crippen molar-refractivity contribution in [1.82, 2.24) is 33.9 Å². The average Bonchev–Trinajstić information content (AvgIpc) is 1.59. The minimum Gasteiger partial charge on any atom is -0.477 e. The average molecular weight is 1990 g/mol. The van der Waals surface area contributed by atoms with Gasteiger partial charge in [0.2, 0.25) is 0 Å². The van der Waals surface area contributed by atoms with Gasteiger partial charge in [0, 0.05) is 127 Å². The smallest absolute Gasteiger partial charge is 0.354 e. The fourth-order valence-corrected chi connectivity index (χ4v) is 17.3. The number of carboxylic acids is 1. The maximum Gasteiger partial charge on any atom is 0.354 e. The number of hydrogen-bond donors (Lipinski definition) is 1. The molecule has 1 N–H and O–H groups in total. The van der Waals surface area contributed by atoms with Crippen LogP contribution in [0.2, 0.25) is 0 Å². The van der Waals surface area contributed by atoms with E-state index in [1.54, 1.807) is 36.5 Å². The van der Waals surface area contributed by atoms with Crippen LogP contribution >= 0.6 is 9.03 Å². The van der Waals surface area contributed by atoms with Crippen LogP contribution in [-0.4, -0.2) is 52.9 Å². The van der Waals surface area contributed by atoms with Gasteiger partial charge in [0.05, 0.1) is 33.4 Å². The third-order valence-corrected chi connectivity index (χ3v) is 23.7. The van der Waals surface area contributed by atoms with Crippen molar-refractivity contribution in [3.05, 3.63) is 515 Å². The van der Waals surface area contributed by atoms with Gasteiger partial charge < -0.3 is 33.7 Å². The fourth-order valence-electron chi connectivity index (χ4n) is 17.3. The summed E-state index contributed by atoms with van der Waals surface area (Å²) in [5.41, 5.74) is 24.1. The normalized spacial score (nSPS) is 10.8. The Bertz CT molecular complexity index is 7670. The van der Waals surface area contributed by atoms with Gasteiger partial charge in [-0.3, -0.25) is 13.3 Å². The minimum absolute atomic E-state index is 0. The monoisotopic (exact) mass is 1990 g/mol. The van der Waals surface area contributed by atoms with Crippen molar-refractivity contribution >= 4 is 122 Å². The standard InChI is InChI=1S/C44H32N2.C30H27N3.C30H20N2.C11H6F2N.C6H5NO2.BHNP.Ir/c1-3-17-37(18-4-1)45(43-23-11-15-35-13-7-9-21-41(35)43)39-29-25-33(26-30-39)34-27-31-40(32-28-34)46(38-19-5-2-6-20-38)44-24-12-16-36-14-8-10-22-42(36)44;1-30(2,3)26-20-18-25(19-21-26)29-32-31-28(33(29)27-12-8-5-9-13-27)24-16-14-23(15-17-24)22-10-6-4-7-11-22;1-5-16-27-23(12-1)24-13-2-6-17-28(24)31(27)21-10-9-11-22(20-21)32-29-18-7-3-14-25(29)26-15-4-8-19-30(26)32;12-8-4-5-9(10(13)7-8)11-3-1-2-6-14-11;8-6(9)5-3-1-2-4-7-5;1-2-3;/h1-32H;4-21H,1-3H3;1-20H;1-4,6-7H;1-4H,(H,8,9);3H;/q;;;-1;;;. The van der Waals surface area contributed by atoms with Gasteiger partial charge in [0.25, 0.3) is 7.98 Å². The van der Waals surface area contributed by atoms with Crippen molar-refractivity contribution in [2.24, 2.45) is 4.66 Å². The van der Waals surface area contributed by atoms with Crippen LogP contribution < -0.4 is 9.80 Å². The van der Waals surface area contributed by atoms with E-state index in [2.05, 4.69) is 493 Å². The number of carbonyl (C=O) groups is 1. The maximum absolute atomic E-state index is 13.2. The molecular formula is C121H91BF2IrN10O2P-. The summed E-state index contributed by atoms with van der Waals surface area (Å²) in [5.74, 6) is -0.610. The molecule has 0 bridgehead atoms. The molecule has 23 aromatic rings. The van der Waals surface area contributed by atoms with Crippen LogP contribution in [0.3, 0.4) is 0 Å². The third kappa shape index (κ3) is 20.8. The molecule has 0 fully saturated rings. The van der Waals surface area contributed by atoms with Crippen LogP contribution in [0.5, 0.6) is 0 Å². The Morgan fingerprint density at radius 2 is 0.688 bits per heavy atom. The first-order valence-corrected chi connectivity index (χ1v) is 45.4. The van der Waals surface area contributed by atoms with E-state index >= 15 is 0 Å². The van der Waals surface area contributed by atoms with Gasteiger partial charge in [-0.1, -0.05) is 360 Å². The van der Waals surface area contributed by atoms with Crippen molar-refractivity contribution < 1.29 is 38.8 Å². The maximum atomic E-state index is 13.2. The molecule has 0 aliphatic rings. The molecule has 0 unspecified atom stereocenters. The van der Waals surface area contributed by atoms with Crippen LogP contribution in [0.1, 0.15) is 36.8 Å². The summed E-state index contributed by atoms with van der Waals surface area (Å²) in [6.07, 6.45) is 3.00. The SMILES string of the molecule is CC(C)(C)c1ccc(-c2nnc(-c3ccc(-c4ccccc4)cc3)n2-c2ccccc2)cc1.Fc1c[c-]c(-c2ccccn2)c(F)c1.O=C(O)c1ccccn1.[B]N=P.[Ir].c1cc(-n2c3ccccc3c3ccccc32)cc(-n2c3ccccc3c3ccccc32)c1.c1ccc(N(c2ccc(-c3ccc(N(c4ccccc4)c4cccc5ccccc45)cc3)cc2)c2cccc3ccccc23)cc1. The summed E-state index contributed by atoms with van der Waals surface area (Å²) < 4.78 is 35.5. The van der Waals surface area contributed by atoms with Gasteiger partial charge in [-0.2, -0.15) is 0 Å². The number of halogens is 2. The van der Waals surface area contributed by atoms with Gasteiger partial charge in [-0.25, -0.2) is 9.78 Å². The second-order valence-electron chi connectivity index (χ2n) is 33.4. The quantitative estimate of drug-likeness (QED) is 0.0612. The molecule has 12 nitrogen and oxygen atoms in total. The molecule has 3 radical (unpaired) electrons. The number of hydrogen-bond acceptors (Lipinski definition) is 8. The van der Waals surface area contributed by atoms with Gasteiger partial charge in [0.1, 0.15) is 5.69 Å². The van der Waals surface area contributed by atoms with E-state index in [0.717, 1.165) is 74.7 Å². The zero-order valence-corrected chi connectivity index (χ0v) is 79.1. The van der Waals surface area contributed by atoms with Crippen molar-refractivity contribution in [2.45, 2.75) is 26.2 Å². The number of rotatable bonds is 15. The van der Waals surface area contributed by atoms with Crippen LogP contribution in [-0.2, 0) is 25.5 Å². The number of pyridine rings is 2. The Morgan fingerprint density at radius 1 is 0.355 bits per heavy atom. The Labute approximate surface area is 817 Å². The Balaban J connectivity index is 0.000000128. The van der Waals surface area contributed by atoms with E-state index in [4.69, 9.17) is 5.11 Å². The van der Waals surface area contributed by atoms with Crippen LogP contribution in [0, 0.1) is 17.7 Å². The second-order valence-corrected chi connectivity index (χ2v) is 33.6. The number of aromatic carboxylic acids is 1. The zero-order valence-electron chi connectivity index (χ0n) is 75.7. The Hall–Kier alpha value is -16.7. The molecule has 0 aliphatic carbocycles. The number of carboxylic acid groups (broad SMARTS) is 1. The first-order chi connectivity index (χ1) is 67.2. The number of anilines is 6. The van der Waals surface area contributed by atoms with Crippen molar-refractivity contribution in [1.29, 1.82) is 0 Å².